The first-order chi connectivity index (χ1) is 14.1. The minimum absolute atomic E-state index is 0.0453. The highest BCUT2D eigenvalue weighted by Gasteiger charge is 2.44. The summed E-state index contributed by atoms with van der Waals surface area (Å²) < 4.78 is 15.4. The zero-order chi connectivity index (χ0) is 20.5. The molecule has 2 amide bonds. The fraction of sp³-hybridized carbons (Fsp3) is 0.550. The molecule has 2 heterocycles. The van der Waals surface area contributed by atoms with Gasteiger partial charge in [-0.15, -0.1) is 0 Å². The zero-order valence-electron chi connectivity index (χ0n) is 16.6. The van der Waals surface area contributed by atoms with Crippen molar-refractivity contribution in [1.82, 2.24) is 10.2 Å². The van der Waals surface area contributed by atoms with Crippen LogP contribution in [0, 0.1) is 0 Å². The summed E-state index contributed by atoms with van der Waals surface area (Å²) >= 11 is 0. The molecule has 1 fully saturated rings. The number of oxime groups is 1. The van der Waals surface area contributed by atoms with Gasteiger partial charge in [0.05, 0.1) is 19.6 Å². The number of rotatable bonds is 7. The van der Waals surface area contributed by atoms with Crippen molar-refractivity contribution in [3.8, 4) is 0 Å². The highest BCUT2D eigenvalue weighted by atomic mass is 16.7. The Kier molecular flexibility index (Phi) is 7.42. The van der Waals surface area contributed by atoms with Crippen LogP contribution >= 0.6 is 0 Å². The summed E-state index contributed by atoms with van der Waals surface area (Å²) in [7, 11) is 1.59. The predicted octanol–water partition coefficient (Wildman–Crippen LogP) is 1.67. The first kappa shape index (κ1) is 21.1. The molecule has 2 aliphatic heterocycles. The van der Waals surface area contributed by atoms with E-state index >= 15 is 0 Å². The number of hydrogen-bond donors (Lipinski definition) is 1. The monoisotopic (exact) mass is 405 g/mol. The Labute approximate surface area is 169 Å². The summed E-state index contributed by atoms with van der Waals surface area (Å²) in [6.07, 6.45) is 1.10. The number of amides is 2. The van der Waals surface area contributed by atoms with E-state index in [1.54, 1.807) is 12.0 Å². The van der Waals surface area contributed by atoms with Crippen LogP contribution in [0.15, 0.2) is 35.5 Å². The molecule has 1 aromatic carbocycles. The second kappa shape index (κ2) is 10.2. The van der Waals surface area contributed by atoms with Crippen molar-refractivity contribution < 1.29 is 28.6 Å². The molecule has 1 N–H and O–H groups in total. The number of hydrogen-bond acceptors (Lipinski definition) is 7. The third kappa shape index (κ3) is 6.16. The molecule has 29 heavy (non-hydrogen) atoms. The Morgan fingerprint density at radius 1 is 1.21 bits per heavy atom. The van der Waals surface area contributed by atoms with Gasteiger partial charge in [-0.25, -0.2) is 4.79 Å². The molecule has 158 valence electrons. The van der Waals surface area contributed by atoms with E-state index in [-0.39, 0.29) is 18.4 Å². The molecular formula is C20H27N3O6. The van der Waals surface area contributed by atoms with Crippen molar-refractivity contribution in [1.29, 1.82) is 0 Å². The van der Waals surface area contributed by atoms with Crippen molar-refractivity contribution >= 4 is 17.9 Å². The van der Waals surface area contributed by atoms with Gasteiger partial charge in [0.15, 0.2) is 0 Å². The standard InChI is InChI=1S/C20H27N3O6/c1-26-11-12-27-15-18(24)23-9-7-20(8-10-23)13-17(22-29-20)28-19(25)21-14-16-5-3-2-4-6-16/h2-6H,7-15H2,1H3,(H,21,25). The Morgan fingerprint density at radius 2 is 1.97 bits per heavy atom. The van der Waals surface area contributed by atoms with Gasteiger partial charge in [-0.2, -0.15) is 0 Å². The van der Waals surface area contributed by atoms with E-state index in [1.165, 1.54) is 0 Å². The van der Waals surface area contributed by atoms with E-state index in [0.717, 1.165) is 5.56 Å². The Bertz CT molecular complexity index is 716. The number of likely N-dealkylation sites (tertiary alicyclic amines) is 1. The molecule has 0 aliphatic carbocycles. The van der Waals surface area contributed by atoms with Crippen LogP contribution in [-0.2, 0) is 30.4 Å². The maximum atomic E-state index is 12.2. The first-order valence-corrected chi connectivity index (χ1v) is 9.69. The quantitative estimate of drug-likeness (QED) is 0.693. The molecule has 9 nitrogen and oxygen atoms in total. The third-order valence-corrected chi connectivity index (χ3v) is 4.99. The normalized spacial score (nSPS) is 17.6. The number of alkyl carbamates (subject to hydrolysis) is 1. The molecule has 9 heteroatoms. The van der Waals surface area contributed by atoms with E-state index in [0.29, 0.717) is 52.1 Å². The van der Waals surface area contributed by atoms with Crippen LogP contribution < -0.4 is 5.32 Å². The Balaban J connectivity index is 1.37. The molecule has 1 saturated heterocycles. The second-order valence-corrected chi connectivity index (χ2v) is 7.09. The lowest BCUT2D eigenvalue weighted by Crippen LogP contribution is -2.48. The molecule has 1 spiro atoms. The van der Waals surface area contributed by atoms with E-state index in [9.17, 15) is 9.59 Å². The fourth-order valence-corrected chi connectivity index (χ4v) is 3.28. The molecule has 1 aromatic rings. The van der Waals surface area contributed by atoms with E-state index in [1.807, 2.05) is 30.3 Å². The van der Waals surface area contributed by atoms with Crippen LogP contribution in [-0.4, -0.2) is 68.4 Å². The lowest BCUT2D eigenvalue weighted by molar-refractivity contribution is -0.142. The topological polar surface area (TPSA) is 98.7 Å². The summed E-state index contributed by atoms with van der Waals surface area (Å²) in [4.78, 5) is 31.5. The molecule has 2 aliphatic rings. The van der Waals surface area contributed by atoms with Gasteiger partial charge in [-0.05, 0) is 5.56 Å². The van der Waals surface area contributed by atoms with Crippen LogP contribution in [0.3, 0.4) is 0 Å². The maximum Gasteiger partial charge on any atom is 0.414 e. The minimum atomic E-state index is -0.561. The average molecular weight is 405 g/mol. The van der Waals surface area contributed by atoms with Gasteiger partial charge >= 0.3 is 6.09 Å². The van der Waals surface area contributed by atoms with Gasteiger partial charge in [-0.3, -0.25) is 4.79 Å². The second-order valence-electron chi connectivity index (χ2n) is 7.09. The number of carbonyl (C=O) groups is 2. The largest absolute Gasteiger partial charge is 0.414 e. The average Bonchev–Trinajstić information content (AvgIpc) is 3.12. The summed E-state index contributed by atoms with van der Waals surface area (Å²) in [6.45, 7) is 2.38. The van der Waals surface area contributed by atoms with Crippen LogP contribution in [0.4, 0.5) is 4.79 Å². The van der Waals surface area contributed by atoms with E-state index in [4.69, 9.17) is 19.0 Å². The Hall–Kier alpha value is -2.65. The molecule has 0 bridgehead atoms. The van der Waals surface area contributed by atoms with Gasteiger partial charge in [0.2, 0.25) is 11.8 Å². The zero-order valence-corrected chi connectivity index (χ0v) is 16.6. The van der Waals surface area contributed by atoms with Gasteiger partial charge in [0, 0.05) is 39.6 Å². The molecule has 0 atom stereocenters. The summed E-state index contributed by atoms with van der Waals surface area (Å²) in [5.41, 5.74) is 0.469. The predicted molar refractivity (Wildman–Crippen MR) is 104 cm³/mol. The molecule has 3 rings (SSSR count). The van der Waals surface area contributed by atoms with Crippen LogP contribution in [0.5, 0.6) is 0 Å². The smallest absolute Gasteiger partial charge is 0.392 e. The van der Waals surface area contributed by atoms with Gasteiger partial charge in [-0.1, -0.05) is 35.5 Å². The Morgan fingerprint density at radius 3 is 2.69 bits per heavy atom. The molecule has 0 aromatic heterocycles. The summed E-state index contributed by atoms with van der Waals surface area (Å²) in [5.74, 6) is 0.213. The molecular weight excluding hydrogens is 378 g/mol. The number of nitrogens with zero attached hydrogens (tertiary/aromatic N) is 2. The fourth-order valence-electron chi connectivity index (χ4n) is 3.28. The lowest BCUT2D eigenvalue weighted by Gasteiger charge is -2.36. The van der Waals surface area contributed by atoms with Crippen molar-refractivity contribution in [3.05, 3.63) is 35.9 Å². The number of methoxy groups -OCH3 is 1. The minimum Gasteiger partial charge on any atom is -0.392 e. The number of nitrogens with one attached hydrogen (secondary N) is 1. The summed E-state index contributed by atoms with van der Waals surface area (Å²) in [5, 5.41) is 6.63. The van der Waals surface area contributed by atoms with Gasteiger partial charge < -0.3 is 29.3 Å². The molecule has 0 unspecified atom stereocenters. The van der Waals surface area contributed by atoms with Crippen LogP contribution in [0.2, 0.25) is 0 Å². The number of piperidine rings is 1. The maximum absolute atomic E-state index is 12.2. The van der Waals surface area contributed by atoms with Gasteiger partial charge in [0.25, 0.3) is 0 Å². The number of ether oxygens (including phenoxy) is 3. The highest BCUT2D eigenvalue weighted by Crippen LogP contribution is 2.34. The highest BCUT2D eigenvalue weighted by molar-refractivity contribution is 5.89. The van der Waals surface area contributed by atoms with E-state index < -0.39 is 11.7 Å². The van der Waals surface area contributed by atoms with Crippen molar-refractivity contribution in [3.63, 3.8) is 0 Å². The van der Waals surface area contributed by atoms with Crippen molar-refractivity contribution in [2.75, 3.05) is 40.0 Å². The summed E-state index contributed by atoms with van der Waals surface area (Å²) in [6, 6.07) is 9.57. The first-order valence-electron chi connectivity index (χ1n) is 9.69. The van der Waals surface area contributed by atoms with E-state index in [2.05, 4.69) is 10.5 Å². The van der Waals surface area contributed by atoms with Crippen LogP contribution in [0.25, 0.3) is 0 Å². The number of benzene rings is 1. The molecule has 0 saturated carbocycles. The third-order valence-electron chi connectivity index (χ3n) is 4.99. The van der Waals surface area contributed by atoms with Gasteiger partial charge in [0.1, 0.15) is 12.2 Å². The van der Waals surface area contributed by atoms with Crippen LogP contribution in [0.1, 0.15) is 24.8 Å². The SMILES string of the molecule is COCCOCC(=O)N1CCC2(CC1)CC(OC(=O)NCc1ccccc1)=NO2. The number of carbonyl (C=O) groups excluding carboxylic acids is 2. The molecule has 0 radical (unpaired) electrons. The lowest BCUT2D eigenvalue weighted by atomic mass is 9.88. The van der Waals surface area contributed by atoms with Crippen molar-refractivity contribution in [2.24, 2.45) is 5.16 Å². The van der Waals surface area contributed by atoms with Crippen molar-refractivity contribution in [2.45, 2.75) is 31.4 Å².